The van der Waals surface area contributed by atoms with Crippen LogP contribution in [0.3, 0.4) is 0 Å². The summed E-state index contributed by atoms with van der Waals surface area (Å²) in [4.78, 5) is 14.6. The highest BCUT2D eigenvalue weighted by Gasteiger charge is 2.14. The van der Waals surface area contributed by atoms with Crippen LogP contribution in [0.2, 0.25) is 5.02 Å². The fourth-order valence-corrected chi connectivity index (χ4v) is 1.78. The normalized spacial score (nSPS) is 10.2. The van der Waals surface area contributed by atoms with E-state index in [0.29, 0.717) is 11.6 Å². The zero-order chi connectivity index (χ0) is 13.8. The Morgan fingerprint density at radius 3 is 2.89 bits per heavy atom. The Bertz CT molecular complexity index is 619. The molecule has 1 aromatic carbocycles. The molecule has 0 aliphatic rings. The Kier molecular flexibility index (Phi) is 3.97. The van der Waals surface area contributed by atoms with Gasteiger partial charge in [0.15, 0.2) is 11.6 Å². The number of anilines is 1. The third kappa shape index (κ3) is 3.20. The van der Waals surface area contributed by atoms with Crippen LogP contribution >= 0.6 is 11.6 Å². The van der Waals surface area contributed by atoms with Gasteiger partial charge in [0, 0.05) is 17.8 Å². The number of carbonyl (C=O) groups is 1. The number of carboxylic acid groups (broad SMARTS) is 1. The van der Waals surface area contributed by atoms with E-state index < -0.39 is 17.3 Å². The van der Waals surface area contributed by atoms with Gasteiger partial charge < -0.3 is 10.4 Å². The van der Waals surface area contributed by atoms with Gasteiger partial charge in [-0.2, -0.15) is 0 Å². The van der Waals surface area contributed by atoms with Crippen LogP contribution in [0.1, 0.15) is 15.9 Å². The quantitative estimate of drug-likeness (QED) is 0.903. The smallest absolute Gasteiger partial charge is 0.338 e. The van der Waals surface area contributed by atoms with E-state index in [-0.39, 0.29) is 5.82 Å². The summed E-state index contributed by atoms with van der Waals surface area (Å²) in [7, 11) is 0. The van der Waals surface area contributed by atoms with Crippen LogP contribution in [-0.4, -0.2) is 16.1 Å². The molecule has 0 spiro atoms. The molecule has 0 aliphatic heterocycles. The maximum atomic E-state index is 13.8. The molecule has 0 saturated carbocycles. The molecule has 2 aromatic rings. The van der Waals surface area contributed by atoms with Crippen LogP contribution in [0.25, 0.3) is 0 Å². The molecular weight excluding hydrogens is 271 g/mol. The van der Waals surface area contributed by atoms with Crippen molar-refractivity contribution in [2.75, 3.05) is 5.32 Å². The van der Waals surface area contributed by atoms with E-state index in [1.807, 2.05) is 6.07 Å². The predicted molar refractivity (Wildman–Crippen MR) is 69.9 cm³/mol. The fraction of sp³-hybridized carbons (Fsp3) is 0.0769. The molecular formula is C13H10ClFN2O2. The van der Waals surface area contributed by atoms with Gasteiger partial charge in [0.2, 0.25) is 0 Å². The van der Waals surface area contributed by atoms with Crippen molar-refractivity contribution in [3.8, 4) is 0 Å². The molecule has 0 radical (unpaired) electrons. The number of rotatable bonds is 4. The number of halogens is 2. The summed E-state index contributed by atoms with van der Waals surface area (Å²) in [5.74, 6) is -2.30. The number of pyridine rings is 1. The van der Waals surface area contributed by atoms with Crippen molar-refractivity contribution in [3.05, 3.63) is 58.5 Å². The minimum Gasteiger partial charge on any atom is -0.478 e. The van der Waals surface area contributed by atoms with Crippen molar-refractivity contribution in [1.29, 1.82) is 0 Å². The zero-order valence-corrected chi connectivity index (χ0v) is 10.5. The van der Waals surface area contributed by atoms with Gasteiger partial charge in [-0.05, 0) is 23.8 Å². The minimum atomic E-state index is -1.33. The second-order valence-electron chi connectivity index (χ2n) is 3.81. The van der Waals surface area contributed by atoms with Crippen molar-refractivity contribution < 1.29 is 14.3 Å². The molecule has 98 valence electrons. The summed E-state index contributed by atoms with van der Waals surface area (Å²) in [6, 6.07) is 8.17. The SMILES string of the molecule is O=C(O)c1ccnc(NCc2cccc(Cl)c2)c1F. The number of aromatic carboxylic acids is 1. The summed E-state index contributed by atoms with van der Waals surface area (Å²) in [5, 5.41) is 12.1. The van der Waals surface area contributed by atoms with Crippen molar-refractivity contribution in [1.82, 2.24) is 4.98 Å². The van der Waals surface area contributed by atoms with Crippen LogP contribution in [0.15, 0.2) is 36.5 Å². The van der Waals surface area contributed by atoms with Crippen LogP contribution in [0, 0.1) is 5.82 Å². The molecule has 1 heterocycles. The standard InChI is InChI=1S/C13H10ClFN2O2/c14-9-3-1-2-8(6-9)7-17-12-11(15)10(13(18)19)4-5-16-12/h1-6H,7H2,(H,16,17)(H,18,19). The Labute approximate surface area is 113 Å². The lowest BCUT2D eigenvalue weighted by atomic mass is 10.2. The number of hydrogen-bond acceptors (Lipinski definition) is 3. The van der Waals surface area contributed by atoms with Crippen molar-refractivity contribution in [3.63, 3.8) is 0 Å². The van der Waals surface area contributed by atoms with Crippen molar-refractivity contribution >= 4 is 23.4 Å². The van der Waals surface area contributed by atoms with Gasteiger partial charge in [-0.1, -0.05) is 23.7 Å². The van der Waals surface area contributed by atoms with Crippen LogP contribution in [0.5, 0.6) is 0 Å². The van der Waals surface area contributed by atoms with E-state index in [0.717, 1.165) is 11.6 Å². The van der Waals surface area contributed by atoms with Gasteiger partial charge in [-0.25, -0.2) is 14.2 Å². The number of nitrogens with one attached hydrogen (secondary N) is 1. The maximum Gasteiger partial charge on any atom is 0.338 e. The average molecular weight is 281 g/mol. The molecule has 0 unspecified atom stereocenters. The van der Waals surface area contributed by atoms with Gasteiger partial charge >= 0.3 is 5.97 Å². The number of nitrogens with zero attached hydrogens (tertiary/aromatic N) is 1. The summed E-state index contributed by atoms with van der Waals surface area (Å²) in [6.45, 7) is 0.299. The molecule has 19 heavy (non-hydrogen) atoms. The van der Waals surface area contributed by atoms with E-state index >= 15 is 0 Å². The zero-order valence-electron chi connectivity index (χ0n) is 9.73. The molecule has 0 aliphatic carbocycles. The minimum absolute atomic E-state index is 0.0973. The average Bonchev–Trinajstić information content (AvgIpc) is 2.37. The molecule has 0 fully saturated rings. The van der Waals surface area contributed by atoms with E-state index in [9.17, 15) is 9.18 Å². The lowest BCUT2D eigenvalue weighted by Gasteiger charge is -2.08. The molecule has 2 rings (SSSR count). The Hall–Kier alpha value is -2.14. The maximum absolute atomic E-state index is 13.8. The third-order valence-electron chi connectivity index (χ3n) is 2.47. The molecule has 6 heteroatoms. The molecule has 0 bridgehead atoms. The molecule has 0 saturated heterocycles. The molecule has 2 N–H and O–H groups in total. The summed E-state index contributed by atoms with van der Waals surface area (Å²) in [5.41, 5.74) is 0.429. The third-order valence-corrected chi connectivity index (χ3v) is 2.70. The van der Waals surface area contributed by atoms with E-state index in [1.54, 1.807) is 18.2 Å². The fourth-order valence-electron chi connectivity index (χ4n) is 1.56. The first-order valence-electron chi connectivity index (χ1n) is 5.44. The second-order valence-corrected chi connectivity index (χ2v) is 4.25. The van der Waals surface area contributed by atoms with E-state index in [4.69, 9.17) is 16.7 Å². The molecule has 1 aromatic heterocycles. The predicted octanol–water partition coefficient (Wildman–Crippen LogP) is 3.18. The lowest BCUT2D eigenvalue weighted by molar-refractivity contribution is 0.0692. The summed E-state index contributed by atoms with van der Waals surface area (Å²) < 4.78 is 13.8. The van der Waals surface area contributed by atoms with Crippen molar-refractivity contribution in [2.24, 2.45) is 0 Å². The topological polar surface area (TPSA) is 62.2 Å². The summed E-state index contributed by atoms with van der Waals surface area (Å²) >= 11 is 5.83. The Morgan fingerprint density at radius 2 is 2.21 bits per heavy atom. The monoisotopic (exact) mass is 280 g/mol. The number of hydrogen-bond donors (Lipinski definition) is 2. The summed E-state index contributed by atoms with van der Waals surface area (Å²) in [6.07, 6.45) is 1.24. The van der Waals surface area contributed by atoms with Gasteiger partial charge in [0.1, 0.15) is 5.56 Å². The largest absolute Gasteiger partial charge is 0.478 e. The van der Waals surface area contributed by atoms with Gasteiger partial charge in [-0.15, -0.1) is 0 Å². The first kappa shape index (κ1) is 13.3. The molecule has 0 atom stereocenters. The van der Waals surface area contributed by atoms with Crippen LogP contribution in [-0.2, 0) is 6.54 Å². The second kappa shape index (κ2) is 5.67. The first-order chi connectivity index (χ1) is 9.08. The Morgan fingerprint density at radius 1 is 1.42 bits per heavy atom. The number of benzene rings is 1. The lowest BCUT2D eigenvalue weighted by Crippen LogP contribution is -2.08. The van der Waals surface area contributed by atoms with Gasteiger partial charge in [0.05, 0.1) is 0 Å². The van der Waals surface area contributed by atoms with Crippen molar-refractivity contribution in [2.45, 2.75) is 6.54 Å². The number of carboxylic acids is 1. The number of aromatic nitrogens is 1. The highest BCUT2D eigenvalue weighted by atomic mass is 35.5. The first-order valence-corrected chi connectivity index (χ1v) is 5.82. The Balaban J connectivity index is 2.16. The van der Waals surface area contributed by atoms with Gasteiger partial charge in [-0.3, -0.25) is 0 Å². The molecule has 0 amide bonds. The van der Waals surface area contributed by atoms with Gasteiger partial charge in [0.25, 0.3) is 0 Å². The highest BCUT2D eigenvalue weighted by molar-refractivity contribution is 6.30. The van der Waals surface area contributed by atoms with Crippen LogP contribution in [0.4, 0.5) is 10.2 Å². The van der Waals surface area contributed by atoms with E-state index in [1.165, 1.54) is 6.20 Å². The highest BCUT2D eigenvalue weighted by Crippen LogP contribution is 2.17. The molecule has 4 nitrogen and oxygen atoms in total. The van der Waals surface area contributed by atoms with E-state index in [2.05, 4.69) is 10.3 Å². The van der Waals surface area contributed by atoms with Crippen LogP contribution < -0.4 is 5.32 Å².